The smallest absolute Gasteiger partial charge is 0.303 e. The first kappa shape index (κ1) is 10.9. The number of aromatic amines is 1. The molecule has 0 radical (unpaired) electrons. The Balaban J connectivity index is 2.48. The van der Waals surface area contributed by atoms with Crippen LogP contribution in [0.3, 0.4) is 0 Å². The van der Waals surface area contributed by atoms with Crippen LogP contribution in [0.4, 0.5) is 0 Å². The summed E-state index contributed by atoms with van der Waals surface area (Å²) in [7, 11) is 0. The van der Waals surface area contributed by atoms with Crippen molar-refractivity contribution in [3.63, 3.8) is 0 Å². The zero-order chi connectivity index (χ0) is 11.7. The molecule has 16 heavy (non-hydrogen) atoms. The molecule has 0 amide bonds. The standard InChI is InChI=1S/C10H10ClN3O2/c1-5(2-7(15)16)6-3-12-10-8(6)9(11)13-4-14-10/h3-5H,2H2,1H3,(H,15,16)(H,12,13,14). The summed E-state index contributed by atoms with van der Waals surface area (Å²) in [6, 6.07) is 0. The van der Waals surface area contributed by atoms with E-state index in [9.17, 15) is 4.79 Å². The van der Waals surface area contributed by atoms with Crippen LogP contribution >= 0.6 is 11.6 Å². The number of H-pyrrole nitrogens is 1. The van der Waals surface area contributed by atoms with Gasteiger partial charge in [-0.1, -0.05) is 18.5 Å². The highest BCUT2D eigenvalue weighted by Crippen LogP contribution is 2.30. The fourth-order valence-corrected chi connectivity index (χ4v) is 1.95. The normalized spacial score (nSPS) is 12.9. The maximum absolute atomic E-state index is 10.7. The second-order valence-electron chi connectivity index (χ2n) is 3.63. The molecule has 0 saturated carbocycles. The third kappa shape index (κ3) is 1.86. The van der Waals surface area contributed by atoms with Gasteiger partial charge in [-0.15, -0.1) is 0 Å². The average molecular weight is 240 g/mol. The van der Waals surface area contributed by atoms with Crippen molar-refractivity contribution in [1.82, 2.24) is 15.0 Å². The zero-order valence-corrected chi connectivity index (χ0v) is 9.32. The van der Waals surface area contributed by atoms with Crippen LogP contribution in [-0.4, -0.2) is 26.0 Å². The summed E-state index contributed by atoms with van der Waals surface area (Å²) in [6.07, 6.45) is 3.16. The van der Waals surface area contributed by atoms with Crippen molar-refractivity contribution in [3.8, 4) is 0 Å². The van der Waals surface area contributed by atoms with E-state index in [0.717, 1.165) is 5.56 Å². The van der Waals surface area contributed by atoms with E-state index in [1.807, 2.05) is 6.92 Å². The van der Waals surface area contributed by atoms with Crippen molar-refractivity contribution >= 4 is 28.6 Å². The molecular formula is C10H10ClN3O2. The lowest BCUT2D eigenvalue weighted by atomic mass is 9.99. The molecule has 0 aromatic carbocycles. The second kappa shape index (κ2) is 4.09. The lowest BCUT2D eigenvalue weighted by Crippen LogP contribution is -2.02. The summed E-state index contributed by atoms with van der Waals surface area (Å²) in [5, 5.41) is 9.80. The van der Waals surface area contributed by atoms with Gasteiger partial charge < -0.3 is 10.1 Å². The van der Waals surface area contributed by atoms with E-state index in [1.54, 1.807) is 6.20 Å². The van der Waals surface area contributed by atoms with E-state index in [-0.39, 0.29) is 12.3 Å². The number of carbonyl (C=O) groups is 1. The summed E-state index contributed by atoms with van der Waals surface area (Å²) in [6.45, 7) is 1.83. The Labute approximate surface area is 96.5 Å². The number of nitrogens with zero attached hydrogens (tertiary/aromatic N) is 2. The van der Waals surface area contributed by atoms with Gasteiger partial charge in [0.2, 0.25) is 0 Å². The molecule has 0 aliphatic heterocycles. The van der Waals surface area contributed by atoms with Gasteiger partial charge in [0.15, 0.2) is 0 Å². The van der Waals surface area contributed by atoms with Gasteiger partial charge in [-0.05, 0) is 11.5 Å². The molecule has 2 aromatic rings. The Morgan fingerprint density at radius 1 is 1.62 bits per heavy atom. The molecule has 2 N–H and O–H groups in total. The fourth-order valence-electron chi connectivity index (χ4n) is 1.71. The van der Waals surface area contributed by atoms with E-state index in [0.29, 0.717) is 16.2 Å². The highest BCUT2D eigenvalue weighted by atomic mass is 35.5. The molecule has 0 saturated heterocycles. The van der Waals surface area contributed by atoms with Crippen molar-refractivity contribution in [1.29, 1.82) is 0 Å². The van der Waals surface area contributed by atoms with Crippen LogP contribution in [0, 0.1) is 0 Å². The maximum Gasteiger partial charge on any atom is 0.303 e. The van der Waals surface area contributed by atoms with E-state index in [2.05, 4.69) is 15.0 Å². The van der Waals surface area contributed by atoms with Crippen molar-refractivity contribution < 1.29 is 9.90 Å². The van der Waals surface area contributed by atoms with Gasteiger partial charge in [0, 0.05) is 6.20 Å². The zero-order valence-electron chi connectivity index (χ0n) is 8.57. The Morgan fingerprint density at radius 2 is 2.38 bits per heavy atom. The van der Waals surface area contributed by atoms with Gasteiger partial charge in [0.05, 0.1) is 11.8 Å². The van der Waals surface area contributed by atoms with Crippen LogP contribution in [-0.2, 0) is 4.79 Å². The Hall–Kier alpha value is -1.62. The number of fused-ring (bicyclic) bond motifs is 1. The van der Waals surface area contributed by atoms with Crippen LogP contribution in [0.1, 0.15) is 24.8 Å². The van der Waals surface area contributed by atoms with Crippen molar-refractivity contribution in [2.75, 3.05) is 0 Å². The first-order valence-electron chi connectivity index (χ1n) is 4.79. The number of halogens is 1. The lowest BCUT2D eigenvalue weighted by molar-refractivity contribution is -0.137. The SMILES string of the molecule is CC(CC(=O)O)c1c[nH]c2ncnc(Cl)c12. The van der Waals surface area contributed by atoms with Crippen LogP contribution in [0.25, 0.3) is 11.0 Å². The minimum absolute atomic E-state index is 0.0537. The number of hydrogen-bond acceptors (Lipinski definition) is 3. The number of hydrogen-bond donors (Lipinski definition) is 2. The van der Waals surface area contributed by atoms with Gasteiger partial charge in [-0.2, -0.15) is 0 Å². The highest BCUT2D eigenvalue weighted by molar-refractivity contribution is 6.34. The van der Waals surface area contributed by atoms with E-state index >= 15 is 0 Å². The fraction of sp³-hybridized carbons (Fsp3) is 0.300. The van der Waals surface area contributed by atoms with Crippen LogP contribution in [0.5, 0.6) is 0 Å². The summed E-state index contributed by atoms with van der Waals surface area (Å²) in [4.78, 5) is 21.5. The van der Waals surface area contributed by atoms with E-state index in [4.69, 9.17) is 16.7 Å². The quantitative estimate of drug-likeness (QED) is 0.805. The summed E-state index contributed by atoms with van der Waals surface area (Å²) in [5.74, 6) is -0.968. The third-order valence-electron chi connectivity index (χ3n) is 2.47. The number of nitrogens with one attached hydrogen (secondary N) is 1. The number of aliphatic carboxylic acids is 1. The lowest BCUT2D eigenvalue weighted by Gasteiger charge is -2.07. The van der Waals surface area contributed by atoms with Crippen LogP contribution in [0.2, 0.25) is 5.15 Å². The topological polar surface area (TPSA) is 78.9 Å². The highest BCUT2D eigenvalue weighted by Gasteiger charge is 2.17. The first-order chi connectivity index (χ1) is 7.59. The summed E-state index contributed by atoms with van der Waals surface area (Å²) in [5.41, 5.74) is 1.47. The molecule has 0 fully saturated rings. The van der Waals surface area contributed by atoms with Crippen LogP contribution < -0.4 is 0 Å². The first-order valence-corrected chi connectivity index (χ1v) is 5.16. The van der Waals surface area contributed by atoms with Gasteiger partial charge in [0.25, 0.3) is 0 Å². The van der Waals surface area contributed by atoms with Crippen molar-refractivity contribution in [2.45, 2.75) is 19.3 Å². The van der Waals surface area contributed by atoms with Crippen molar-refractivity contribution in [3.05, 3.63) is 23.2 Å². The molecule has 84 valence electrons. The molecule has 2 rings (SSSR count). The Bertz CT molecular complexity index is 538. The molecule has 6 heteroatoms. The molecule has 2 heterocycles. The molecular weight excluding hydrogens is 230 g/mol. The van der Waals surface area contributed by atoms with Crippen LogP contribution in [0.15, 0.2) is 12.5 Å². The van der Waals surface area contributed by atoms with Gasteiger partial charge in [-0.25, -0.2) is 9.97 Å². The largest absolute Gasteiger partial charge is 0.481 e. The molecule has 0 aliphatic rings. The molecule has 0 bridgehead atoms. The Morgan fingerprint density at radius 3 is 3.06 bits per heavy atom. The van der Waals surface area contributed by atoms with E-state index in [1.165, 1.54) is 6.33 Å². The Kier molecular flexibility index (Phi) is 2.78. The minimum Gasteiger partial charge on any atom is -0.481 e. The predicted octanol–water partition coefficient (Wildman–Crippen LogP) is 2.19. The monoisotopic (exact) mass is 239 g/mol. The number of rotatable bonds is 3. The summed E-state index contributed by atoms with van der Waals surface area (Å²) >= 11 is 5.97. The van der Waals surface area contributed by atoms with Crippen molar-refractivity contribution in [2.24, 2.45) is 0 Å². The number of carboxylic acid groups (broad SMARTS) is 1. The molecule has 0 spiro atoms. The molecule has 5 nitrogen and oxygen atoms in total. The second-order valence-corrected chi connectivity index (χ2v) is 3.99. The van der Waals surface area contributed by atoms with E-state index < -0.39 is 5.97 Å². The predicted molar refractivity (Wildman–Crippen MR) is 59.6 cm³/mol. The number of aromatic nitrogens is 3. The van der Waals surface area contributed by atoms with Gasteiger partial charge in [0.1, 0.15) is 17.1 Å². The molecule has 1 unspecified atom stereocenters. The third-order valence-corrected chi connectivity index (χ3v) is 2.75. The van der Waals surface area contributed by atoms with Gasteiger partial charge in [-0.3, -0.25) is 4.79 Å². The summed E-state index contributed by atoms with van der Waals surface area (Å²) < 4.78 is 0. The molecule has 2 aromatic heterocycles. The maximum atomic E-state index is 10.7. The van der Waals surface area contributed by atoms with Gasteiger partial charge >= 0.3 is 5.97 Å². The molecule has 1 atom stereocenters. The molecule has 0 aliphatic carbocycles. The number of carboxylic acids is 1. The minimum atomic E-state index is -0.838. The average Bonchev–Trinajstić information content (AvgIpc) is 2.61.